The highest BCUT2D eigenvalue weighted by atomic mass is 16.5. The van der Waals surface area contributed by atoms with Crippen LogP contribution < -0.4 is 0 Å². The third-order valence-electron chi connectivity index (χ3n) is 5.49. The maximum absolute atomic E-state index is 12.9. The highest BCUT2D eigenvalue weighted by molar-refractivity contribution is 5.99. The number of aromatic nitrogens is 2. The Bertz CT molecular complexity index is 612. The van der Waals surface area contributed by atoms with E-state index in [1.54, 1.807) is 7.11 Å². The minimum Gasteiger partial charge on any atom is -0.384 e. The molecule has 1 aliphatic heterocycles. The highest BCUT2D eigenvalue weighted by Crippen LogP contribution is 2.44. The molecule has 1 aliphatic carbocycles. The van der Waals surface area contributed by atoms with Crippen molar-refractivity contribution in [3.8, 4) is 0 Å². The standard InChI is InChI=1S/C19H30N2O3/c1-5-14-17-15(21(20-14)12-18(2,3)13-23-4)10-19(11-16(17)22)6-8-24-9-7-19/h5-13H2,1-4H3. The van der Waals surface area contributed by atoms with Crippen molar-refractivity contribution < 1.29 is 14.3 Å². The summed E-state index contributed by atoms with van der Waals surface area (Å²) in [4.78, 5) is 12.9. The van der Waals surface area contributed by atoms with Crippen LogP contribution in [0.1, 0.15) is 61.8 Å². The molecule has 0 amide bonds. The molecule has 0 N–H and O–H groups in total. The zero-order valence-electron chi connectivity index (χ0n) is 15.5. The van der Waals surface area contributed by atoms with Gasteiger partial charge in [-0.25, -0.2) is 0 Å². The Kier molecular flexibility index (Phi) is 4.85. The van der Waals surface area contributed by atoms with E-state index in [9.17, 15) is 4.79 Å². The smallest absolute Gasteiger partial charge is 0.167 e. The number of Topliss-reactive ketones (excluding diaryl/α,β-unsaturated/α-hetero) is 1. The molecular formula is C19H30N2O3. The van der Waals surface area contributed by atoms with Crippen molar-refractivity contribution in [1.82, 2.24) is 9.78 Å². The molecule has 0 atom stereocenters. The van der Waals surface area contributed by atoms with E-state index in [1.807, 2.05) is 0 Å². The zero-order chi connectivity index (χ0) is 17.4. The number of hydrogen-bond donors (Lipinski definition) is 0. The van der Waals surface area contributed by atoms with Crippen LogP contribution in [0.2, 0.25) is 0 Å². The van der Waals surface area contributed by atoms with Crippen molar-refractivity contribution in [2.45, 2.75) is 59.4 Å². The lowest BCUT2D eigenvalue weighted by Gasteiger charge is -2.40. The SMILES string of the molecule is CCc1nn(CC(C)(C)COC)c2c1C(=O)CC1(CCOCC1)C2. The molecule has 0 radical (unpaired) electrons. The van der Waals surface area contributed by atoms with E-state index in [4.69, 9.17) is 14.6 Å². The lowest BCUT2D eigenvalue weighted by atomic mass is 9.68. The number of ketones is 1. The number of fused-ring (bicyclic) bond motifs is 1. The summed E-state index contributed by atoms with van der Waals surface area (Å²) in [6.45, 7) is 9.45. The summed E-state index contributed by atoms with van der Waals surface area (Å²) in [7, 11) is 1.73. The quantitative estimate of drug-likeness (QED) is 0.830. The predicted octanol–water partition coefficient (Wildman–Crippen LogP) is 3.04. The summed E-state index contributed by atoms with van der Waals surface area (Å²) in [5, 5.41) is 4.82. The Morgan fingerprint density at radius 3 is 2.62 bits per heavy atom. The summed E-state index contributed by atoms with van der Waals surface area (Å²) in [5.41, 5.74) is 3.08. The van der Waals surface area contributed by atoms with Gasteiger partial charge in [0.25, 0.3) is 0 Å². The van der Waals surface area contributed by atoms with Crippen LogP contribution in [-0.4, -0.2) is 42.5 Å². The number of rotatable bonds is 5. The molecule has 1 aromatic heterocycles. The molecular weight excluding hydrogens is 304 g/mol. The molecule has 0 aromatic carbocycles. The maximum atomic E-state index is 12.9. The van der Waals surface area contributed by atoms with Crippen LogP contribution in [0.4, 0.5) is 0 Å². The summed E-state index contributed by atoms with van der Waals surface area (Å²) >= 11 is 0. The largest absolute Gasteiger partial charge is 0.384 e. The van der Waals surface area contributed by atoms with Crippen LogP contribution in [0.3, 0.4) is 0 Å². The zero-order valence-corrected chi connectivity index (χ0v) is 15.5. The van der Waals surface area contributed by atoms with Gasteiger partial charge >= 0.3 is 0 Å². The summed E-state index contributed by atoms with van der Waals surface area (Å²) < 4.78 is 13.0. The fourth-order valence-electron chi connectivity index (χ4n) is 4.28. The Morgan fingerprint density at radius 2 is 2.00 bits per heavy atom. The van der Waals surface area contributed by atoms with Crippen molar-refractivity contribution in [3.63, 3.8) is 0 Å². The van der Waals surface area contributed by atoms with Gasteiger partial charge in [-0.2, -0.15) is 5.10 Å². The van der Waals surface area contributed by atoms with Gasteiger partial charge in [-0.1, -0.05) is 20.8 Å². The van der Waals surface area contributed by atoms with Gasteiger partial charge in [0.15, 0.2) is 5.78 Å². The second kappa shape index (κ2) is 6.60. The Balaban J connectivity index is 1.97. The topological polar surface area (TPSA) is 53.4 Å². The van der Waals surface area contributed by atoms with Crippen LogP contribution in [0.15, 0.2) is 0 Å². The van der Waals surface area contributed by atoms with Crippen LogP contribution in [0, 0.1) is 10.8 Å². The first-order valence-electron chi connectivity index (χ1n) is 9.08. The Labute approximate surface area is 144 Å². The predicted molar refractivity (Wildman–Crippen MR) is 92.4 cm³/mol. The van der Waals surface area contributed by atoms with Crippen molar-refractivity contribution in [2.75, 3.05) is 26.9 Å². The van der Waals surface area contributed by atoms with Gasteiger partial charge in [0.1, 0.15) is 0 Å². The van der Waals surface area contributed by atoms with Crippen LogP contribution >= 0.6 is 0 Å². The van der Waals surface area contributed by atoms with Gasteiger partial charge in [0.2, 0.25) is 0 Å². The number of carbonyl (C=O) groups excluding carboxylic acids is 1. The average molecular weight is 334 g/mol. The normalized spacial score (nSPS) is 20.4. The molecule has 1 saturated heterocycles. The van der Waals surface area contributed by atoms with Gasteiger partial charge in [0, 0.05) is 38.7 Å². The van der Waals surface area contributed by atoms with Crippen molar-refractivity contribution in [1.29, 1.82) is 0 Å². The molecule has 1 aromatic rings. The number of nitrogens with zero attached hydrogens (tertiary/aromatic N) is 2. The second-order valence-electron chi connectivity index (χ2n) is 8.27. The molecule has 2 aliphatic rings. The molecule has 1 fully saturated rings. The monoisotopic (exact) mass is 334 g/mol. The van der Waals surface area contributed by atoms with Gasteiger partial charge in [-0.3, -0.25) is 9.48 Å². The first-order valence-corrected chi connectivity index (χ1v) is 9.08. The average Bonchev–Trinajstić information content (AvgIpc) is 2.85. The van der Waals surface area contributed by atoms with E-state index in [-0.39, 0.29) is 16.6 Å². The highest BCUT2D eigenvalue weighted by Gasteiger charge is 2.43. The van der Waals surface area contributed by atoms with Crippen LogP contribution in [0.5, 0.6) is 0 Å². The number of aryl methyl sites for hydroxylation is 1. The lowest BCUT2D eigenvalue weighted by molar-refractivity contribution is 0.00777. The minimum absolute atomic E-state index is 0.0110. The fourth-order valence-corrected chi connectivity index (χ4v) is 4.28. The summed E-state index contributed by atoms with van der Waals surface area (Å²) in [5.74, 6) is 0.283. The third kappa shape index (κ3) is 3.29. The molecule has 24 heavy (non-hydrogen) atoms. The lowest BCUT2D eigenvalue weighted by Crippen LogP contribution is -2.39. The molecule has 134 valence electrons. The molecule has 0 bridgehead atoms. The van der Waals surface area contributed by atoms with Gasteiger partial charge < -0.3 is 9.47 Å². The van der Waals surface area contributed by atoms with E-state index in [0.717, 1.165) is 62.4 Å². The molecule has 0 unspecified atom stereocenters. The van der Waals surface area contributed by atoms with Gasteiger partial charge in [0.05, 0.1) is 23.6 Å². The molecule has 5 heteroatoms. The Hall–Kier alpha value is -1.20. The molecule has 0 saturated carbocycles. The van der Waals surface area contributed by atoms with Gasteiger partial charge in [-0.05, 0) is 31.1 Å². The van der Waals surface area contributed by atoms with Crippen LogP contribution in [0.25, 0.3) is 0 Å². The third-order valence-corrected chi connectivity index (χ3v) is 5.49. The Morgan fingerprint density at radius 1 is 1.29 bits per heavy atom. The van der Waals surface area contributed by atoms with E-state index in [0.29, 0.717) is 13.0 Å². The first kappa shape index (κ1) is 17.6. The van der Waals surface area contributed by atoms with Crippen molar-refractivity contribution >= 4 is 5.78 Å². The van der Waals surface area contributed by atoms with E-state index in [1.165, 1.54) is 0 Å². The minimum atomic E-state index is -0.0110. The fraction of sp³-hybridized carbons (Fsp3) is 0.789. The van der Waals surface area contributed by atoms with Crippen molar-refractivity contribution in [2.24, 2.45) is 10.8 Å². The van der Waals surface area contributed by atoms with Crippen LogP contribution in [-0.2, 0) is 28.9 Å². The summed E-state index contributed by atoms with van der Waals surface area (Å²) in [6.07, 6.45) is 4.37. The van der Waals surface area contributed by atoms with Gasteiger partial charge in [-0.15, -0.1) is 0 Å². The number of methoxy groups -OCH3 is 1. The number of carbonyl (C=O) groups is 1. The van der Waals surface area contributed by atoms with E-state index in [2.05, 4.69) is 25.5 Å². The number of ether oxygens (including phenoxy) is 2. The van der Waals surface area contributed by atoms with E-state index >= 15 is 0 Å². The maximum Gasteiger partial charge on any atom is 0.167 e. The second-order valence-corrected chi connectivity index (χ2v) is 8.27. The molecule has 3 rings (SSSR count). The first-order chi connectivity index (χ1) is 11.4. The summed E-state index contributed by atoms with van der Waals surface area (Å²) in [6, 6.07) is 0. The molecule has 2 heterocycles. The van der Waals surface area contributed by atoms with Crippen molar-refractivity contribution in [3.05, 3.63) is 17.0 Å². The van der Waals surface area contributed by atoms with E-state index < -0.39 is 0 Å². The number of hydrogen-bond acceptors (Lipinski definition) is 4. The molecule has 5 nitrogen and oxygen atoms in total. The molecule has 1 spiro atoms.